The van der Waals surface area contributed by atoms with E-state index in [0.29, 0.717) is 0 Å². The standard InChI is InChI=1S/C12H22N2O4/c1-3-5-6-9(4-2)12(18)14-7-10(15)13-8-11(16)17/h9H,3-8H2,1-2H3,(H,13,15)(H,14,18)(H,16,17). The molecule has 6 nitrogen and oxygen atoms in total. The molecule has 0 heterocycles. The van der Waals surface area contributed by atoms with Crippen molar-refractivity contribution in [3.63, 3.8) is 0 Å². The molecule has 0 rings (SSSR count). The summed E-state index contributed by atoms with van der Waals surface area (Å²) in [6.45, 7) is 3.39. The fourth-order valence-electron chi connectivity index (χ4n) is 1.52. The Morgan fingerprint density at radius 3 is 2.28 bits per heavy atom. The second-order valence-corrected chi connectivity index (χ2v) is 4.14. The third kappa shape index (κ3) is 7.65. The van der Waals surface area contributed by atoms with Crippen LogP contribution in [-0.2, 0) is 14.4 Å². The van der Waals surface area contributed by atoms with Crippen LogP contribution in [0.25, 0.3) is 0 Å². The van der Waals surface area contributed by atoms with Crippen molar-refractivity contribution in [2.75, 3.05) is 13.1 Å². The number of nitrogens with one attached hydrogen (secondary N) is 2. The third-order valence-electron chi connectivity index (χ3n) is 2.63. The summed E-state index contributed by atoms with van der Waals surface area (Å²) in [5.41, 5.74) is 0. The molecular formula is C12H22N2O4. The van der Waals surface area contributed by atoms with Gasteiger partial charge in [-0.3, -0.25) is 14.4 Å². The van der Waals surface area contributed by atoms with Gasteiger partial charge in [-0.1, -0.05) is 26.7 Å². The Morgan fingerprint density at radius 2 is 1.78 bits per heavy atom. The smallest absolute Gasteiger partial charge is 0.322 e. The van der Waals surface area contributed by atoms with Gasteiger partial charge >= 0.3 is 5.97 Å². The maximum absolute atomic E-state index is 11.7. The molecule has 0 saturated heterocycles. The first-order valence-electron chi connectivity index (χ1n) is 6.27. The molecule has 6 heteroatoms. The second-order valence-electron chi connectivity index (χ2n) is 4.14. The Hall–Kier alpha value is -1.59. The van der Waals surface area contributed by atoms with Gasteiger partial charge in [-0.2, -0.15) is 0 Å². The normalized spacial score (nSPS) is 11.7. The maximum atomic E-state index is 11.7. The third-order valence-corrected chi connectivity index (χ3v) is 2.63. The van der Waals surface area contributed by atoms with Crippen molar-refractivity contribution in [1.82, 2.24) is 10.6 Å². The highest BCUT2D eigenvalue weighted by molar-refractivity contribution is 5.87. The predicted octanol–water partition coefficient (Wildman–Crippen LogP) is 0.520. The van der Waals surface area contributed by atoms with E-state index >= 15 is 0 Å². The van der Waals surface area contributed by atoms with Gasteiger partial charge in [0.2, 0.25) is 11.8 Å². The zero-order valence-electron chi connectivity index (χ0n) is 11.0. The van der Waals surface area contributed by atoms with Gasteiger partial charge in [-0.05, 0) is 12.8 Å². The predicted molar refractivity (Wildman–Crippen MR) is 67.0 cm³/mol. The lowest BCUT2D eigenvalue weighted by atomic mass is 9.98. The number of aliphatic carboxylic acids is 1. The molecule has 18 heavy (non-hydrogen) atoms. The van der Waals surface area contributed by atoms with Crippen LogP contribution in [0.5, 0.6) is 0 Å². The number of unbranched alkanes of at least 4 members (excludes halogenated alkanes) is 1. The molecule has 0 aromatic heterocycles. The van der Waals surface area contributed by atoms with Crippen LogP contribution in [0.15, 0.2) is 0 Å². The van der Waals surface area contributed by atoms with Gasteiger partial charge in [0.05, 0.1) is 6.54 Å². The molecule has 2 amide bonds. The highest BCUT2D eigenvalue weighted by Crippen LogP contribution is 2.12. The number of carbonyl (C=O) groups excluding carboxylic acids is 2. The van der Waals surface area contributed by atoms with Gasteiger partial charge in [-0.25, -0.2) is 0 Å². The van der Waals surface area contributed by atoms with E-state index < -0.39 is 18.4 Å². The van der Waals surface area contributed by atoms with Crippen LogP contribution in [0.3, 0.4) is 0 Å². The summed E-state index contributed by atoms with van der Waals surface area (Å²) in [5.74, 6) is -1.81. The number of hydrogen-bond acceptors (Lipinski definition) is 3. The number of amides is 2. The number of carboxylic acids is 1. The summed E-state index contributed by atoms with van der Waals surface area (Å²) >= 11 is 0. The van der Waals surface area contributed by atoms with Crippen LogP contribution in [0, 0.1) is 5.92 Å². The summed E-state index contributed by atoms with van der Waals surface area (Å²) in [6, 6.07) is 0. The minimum Gasteiger partial charge on any atom is -0.480 e. The zero-order valence-corrected chi connectivity index (χ0v) is 11.0. The average Bonchev–Trinajstić information content (AvgIpc) is 2.34. The van der Waals surface area contributed by atoms with Crippen molar-refractivity contribution in [2.45, 2.75) is 39.5 Å². The van der Waals surface area contributed by atoms with E-state index in [4.69, 9.17) is 5.11 Å². The van der Waals surface area contributed by atoms with Crippen molar-refractivity contribution in [3.8, 4) is 0 Å². The molecule has 0 aromatic rings. The van der Waals surface area contributed by atoms with E-state index in [9.17, 15) is 14.4 Å². The Bertz CT molecular complexity index is 292. The lowest BCUT2D eigenvalue weighted by Crippen LogP contribution is -2.41. The first-order valence-corrected chi connectivity index (χ1v) is 6.27. The SMILES string of the molecule is CCCCC(CC)C(=O)NCC(=O)NCC(=O)O. The van der Waals surface area contributed by atoms with E-state index in [1.54, 1.807) is 0 Å². The van der Waals surface area contributed by atoms with Crippen molar-refractivity contribution in [1.29, 1.82) is 0 Å². The summed E-state index contributed by atoms with van der Waals surface area (Å²) < 4.78 is 0. The van der Waals surface area contributed by atoms with Crippen molar-refractivity contribution in [3.05, 3.63) is 0 Å². The maximum Gasteiger partial charge on any atom is 0.322 e. The van der Waals surface area contributed by atoms with Gasteiger partial charge in [0, 0.05) is 5.92 Å². The van der Waals surface area contributed by atoms with E-state index in [0.717, 1.165) is 25.7 Å². The Balaban J connectivity index is 3.91. The number of rotatable bonds is 9. The highest BCUT2D eigenvalue weighted by Gasteiger charge is 2.16. The fourth-order valence-corrected chi connectivity index (χ4v) is 1.52. The van der Waals surface area contributed by atoms with Crippen LogP contribution in [0.4, 0.5) is 0 Å². The fraction of sp³-hybridized carbons (Fsp3) is 0.750. The van der Waals surface area contributed by atoms with E-state index in [1.807, 2.05) is 6.92 Å². The molecule has 0 spiro atoms. The van der Waals surface area contributed by atoms with E-state index in [1.165, 1.54) is 0 Å². The summed E-state index contributed by atoms with van der Waals surface area (Å²) in [4.78, 5) is 33.1. The van der Waals surface area contributed by atoms with E-state index in [2.05, 4.69) is 17.6 Å². The second kappa shape index (κ2) is 9.44. The molecule has 104 valence electrons. The molecule has 0 aliphatic heterocycles. The number of hydrogen-bond donors (Lipinski definition) is 3. The summed E-state index contributed by atoms with van der Waals surface area (Å²) in [7, 11) is 0. The number of carboxylic acid groups (broad SMARTS) is 1. The van der Waals surface area contributed by atoms with Gasteiger partial charge < -0.3 is 15.7 Å². The van der Waals surface area contributed by atoms with Crippen LogP contribution >= 0.6 is 0 Å². The van der Waals surface area contributed by atoms with Gasteiger partial charge in [-0.15, -0.1) is 0 Å². The molecule has 0 aliphatic carbocycles. The van der Waals surface area contributed by atoms with E-state index in [-0.39, 0.29) is 18.4 Å². The van der Waals surface area contributed by atoms with Crippen LogP contribution in [0.1, 0.15) is 39.5 Å². The average molecular weight is 258 g/mol. The van der Waals surface area contributed by atoms with Gasteiger partial charge in [0.25, 0.3) is 0 Å². The van der Waals surface area contributed by atoms with Crippen LogP contribution in [-0.4, -0.2) is 36.0 Å². The zero-order chi connectivity index (χ0) is 14.0. The lowest BCUT2D eigenvalue weighted by molar-refractivity contribution is -0.137. The molecule has 3 N–H and O–H groups in total. The molecule has 0 aromatic carbocycles. The van der Waals surface area contributed by atoms with Crippen molar-refractivity contribution >= 4 is 17.8 Å². The largest absolute Gasteiger partial charge is 0.480 e. The summed E-state index contributed by atoms with van der Waals surface area (Å²) in [6.07, 6.45) is 3.57. The van der Waals surface area contributed by atoms with Crippen LogP contribution < -0.4 is 10.6 Å². The number of carbonyl (C=O) groups is 3. The quantitative estimate of drug-likeness (QED) is 0.562. The molecular weight excluding hydrogens is 236 g/mol. The molecule has 0 fully saturated rings. The molecule has 1 unspecified atom stereocenters. The molecule has 0 radical (unpaired) electrons. The molecule has 1 atom stereocenters. The Morgan fingerprint density at radius 1 is 1.11 bits per heavy atom. The Labute approximate surface area is 107 Å². The summed E-state index contributed by atoms with van der Waals surface area (Å²) in [5, 5.41) is 13.1. The highest BCUT2D eigenvalue weighted by atomic mass is 16.4. The molecule has 0 bridgehead atoms. The Kier molecular flexibility index (Phi) is 8.61. The minimum atomic E-state index is -1.11. The first kappa shape index (κ1) is 16.4. The topological polar surface area (TPSA) is 95.5 Å². The monoisotopic (exact) mass is 258 g/mol. The van der Waals surface area contributed by atoms with Crippen molar-refractivity contribution in [2.24, 2.45) is 5.92 Å². The van der Waals surface area contributed by atoms with Crippen LogP contribution in [0.2, 0.25) is 0 Å². The molecule has 0 saturated carbocycles. The van der Waals surface area contributed by atoms with Gasteiger partial charge in [0.1, 0.15) is 6.54 Å². The molecule has 0 aliphatic rings. The lowest BCUT2D eigenvalue weighted by Gasteiger charge is -2.14. The minimum absolute atomic E-state index is 0.0720. The first-order chi connectivity index (χ1) is 8.51. The van der Waals surface area contributed by atoms with Gasteiger partial charge in [0.15, 0.2) is 0 Å². The van der Waals surface area contributed by atoms with Crippen molar-refractivity contribution < 1.29 is 19.5 Å².